The standard InChI is InChI=1S/C30H30F3N5O2/c1-3-40-27-23(5-4-12-36-27)20-6-8-24-26(18-20)38(16-13-35-2)28(39)29(24)10-14-37(15-11-29)25-9-7-22(30(31,32)33)17-21(25)19-34/h4-9,12,17-18,35H,3,10-11,13-16H2,1-2H3. The maximum absolute atomic E-state index is 14.0. The summed E-state index contributed by atoms with van der Waals surface area (Å²) in [4.78, 5) is 22.2. The molecule has 7 nitrogen and oxygen atoms in total. The summed E-state index contributed by atoms with van der Waals surface area (Å²) in [5, 5.41) is 12.7. The van der Waals surface area contributed by atoms with Crippen molar-refractivity contribution in [3.63, 3.8) is 0 Å². The lowest BCUT2D eigenvalue weighted by atomic mass is 9.73. The Morgan fingerprint density at radius 2 is 1.90 bits per heavy atom. The van der Waals surface area contributed by atoms with Crippen molar-refractivity contribution in [2.45, 2.75) is 31.4 Å². The van der Waals surface area contributed by atoms with E-state index in [0.29, 0.717) is 57.2 Å². The molecule has 0 atom stereocenters. The van der Waals surface area contributed by atoms with Crippen LogP contribution in [0.2, 0.25) is 0 Å². The molecule has 208 valence electrons. The molecule has 0 bridgehead atoms. The Kier molecular flexibility index (Phi) is 7.43. The second-order valence-electron chi connectivity index (χ2n) is 9.99. The number of hydrogen-bond donors (Lipinski definition) is 1. The lowest BCUT2D eigenvalue weighted by molar-refractivity contribution is -0.137. The van der Waals surface area contributed by atoms with Crippen molar-refractivity contribution in [3.8, 4) is 23.1 Å². The number of aromatic nitrogens is 1. The Morgan fingerprint density at radius 3 is 2.58 bits per heavy atom. The van der Waals surface area contributed by atoms with Crippen LogP contribution in [0.5, 0.6) is 5.88 Å². The third-order valence-corrected chi connectivity index (χ3v) is 7.81. The number of hydrogen-bond acceptors (Lipinski definition) is 6. The average molecular weight is 550 g/mol. The quantitative estimate of drug-likeness (QED) is 0.440. The van der Waals surface area contributed by atoms with Gasteiger partial charge in [0.05, 0.1) is 28.8 Å². The lowest BCUT2D eigenvalue weighted by Crippen LogP contribution is -2.49. The molecule has 2 aromatic carbocycles. The van der Waals surface area contributed by atoms with Crippen LogP contribution < -0.4 is 19.9 Å². The minimum atomic E-state index is -4.52. The first-order valence-corrected chi connectivity index (χ1v) is 13.3. The van der Waals surface area contributed by atoms with Gasteiger partial charge in [-0.1, -0.05) is 12.1 Å². The molecule has 0 radical (unpaired) electrons. The summed E-state index contributed by atoms with van der Waals surface area (Å²) in [5.74, 6) is 0.558. The Balaban J connectivity index is 1.48. The number of amides is 1. The van der Waals surface area contributed by atoms with Gasteiger partial charge >= 0.3 is 6.18 Å². The number of ether oxygens (including phenoxy) is 1. The fourth-order valence-electron chi connectivity index (χ4n) is 5.81. The molecule has 40 heavy (non-hydrogen) atoms. The Labute approximate surface area is 231 Å². The highest BCUT2D eigenvalue weighted by atomic mass is 19.4. The van der Waals surface area contributed by atoms with E-state index in [1.807, 2.05) is 60.2 Å². The van der Waals surface area contributed by atoms with Crippen LogP contribution in [0.1, 0.15) is 36.5 Å². The number of alkyl halides is 3. The first kappa shape index (κ1) is 27.5. The highest BCUT2D eigenvalue weighted by Gasteiger charge is 2.52. The zero-order valence-electron chi connectivity index (χ0n) is 22.4. The zero-order chi connectivity index (χ0) is 28.5. The maximum atomic E-state index is 14.0. The van der Waals surface area contributed by atoms with E-state index in [-0.39, 0.29) is 11.5 Å². The summed E-state index contributed by atoms with van der Waals surface area (Å²) < 4.78 is 45.4. The van der Waals surface area contributed by atoms with E-state index in [0.717, 1.165) is 34.5 Å². The molecule has 1 saturated heterocycles. The van der Waals surface area contributed by atoms with Crippen molar-refractivity contribution in [3.05, 3.63) is 71.4 Å². The summed E-state index contributed by atoms with van der Waals surface area (Å²) in [6.07, 6.45) is -1.87. The molecular weight excluding hydrogens is 519 g/mol. The largest absolute Gasteiger partial charge is 0.478 e. The predicted molar refractivity (Wildman–Crippen MR) is 146 cm³/mol. The van der Waals surface area contributed by atoms with E-state index in [2.05, 4.69) is 10.3 Å². The number of anilines is 2. The maximum Gasteiger partial charge on any atom is 0.416 e. The van der Waals surface area contributed by atoms with E-state index in [9.17, 15) is 23.2 Å². The van der Waals surface area contributed by atoms with Gasteiger partial charge in [0, 0.05) is 43.6 Å². The average Bonchev–Trinajstić information content (AvgIpc) is 3.18. The summed E-state index contributed by atoms with van der Waals surface area (Å²) in [6.45, 7) is 4.37. The molecule has 0 aliphatic carbocycles. The number of halogens is 3. The molecule has 1 aromatic heterocycles. The number of carbonyl (C=O) groups is 1. The van der Waals surface area contributed by atoms with Gasteiger partial charge in [-0.25, -0.2) is 4.98 Å². The number of nitrogens with one attached hydrogen (secondary N) is 1. The van der Waals surface area contributed by atoms with Gasteiger partial charge in [0.2, 0.25) is 11.8 Å². The van der Waals surface area contributed by atoms with Gasteiger partial charge in [-0.15, -0.1) is 0 Å². The van der Waals surface area contributed by atoms with Crippen molar-refractivity contribution in [1.29, 1.82) is 5.26 Å². The van der Waals surface area contributed by atoms with Crippen molar-refractivity contribution >= 4 is 17.3 Å². The molecule has 2 aliphatic rings. The lowest BCUT2D eigenvalue weighted by Gasteiger charge is -2.40. The fourth-order valence-corrected chi connectivity index (χ4v) is 5.81. The Morgan fingerprint density at radius 1 is 1.12 bits per heavy atom. The van der Waals surface area contributed by atoms with Gasteiger partial charge in [0.15, 0.2) is 0 Å². The molecule has 1 N–H and O–H groups in total. The van der Waals surface area contributed by atoms with E-state index in [1.54, 1.807) is 6.20 Å². The first-order chi connectivity index (χ1) is 19.2. The van der Waals surface area contributed by atoms with Gasteiger partial charge in [-0.05, 0) is 74.3 Å². The number of likely N-dealkylation sites (N-methyl/N-ethyl adjacent to an activating group) is 1. The molecule has 1 fully saturated rings. The molecule has 1 amide bonds. The summed E-state index contributed by atoms with van der Waals surface area (Å²) in [5.41, 5.74) is 2.39. The molecule has 3 heterocycles. The number of fused-ring (bicyclic) bond motifs is 2. The van der Waals surface area contributed by atoms with E-state index < -0.39 is 17.2 Å². The number of rotatable bonds is 7. The summed E-state index contributed by atoms with van der Waals surface area (Å²) in [7, 11) is 1.84. The second-order valence-corrected chi connectivity index (χ2v) is 9.99. The van der Waals surface area contributed by atoms with Crippen LogP contribution in [-0.2, 0) is 16.4 Å². The fraction of sp³-hybridized carbons (Fsp3) is 0.367. The number of piperidine rings is 1. The van der Waals surface area contributed by atoms with Crippen LogP contribution in [0, 0.1) is 11.3 Å². The van der Waals surface area contributed by atoms with Gasteiger partial charge in [0.25, 0.3) is 0 Å². The van der Waals surface area contributed by atoms with Gasteiger partial charge in [-0.2, -0.15) is 18.4 Å². The number of nitriles is 1. The van der Waals surface area contributed by atoms with Crippen LogP contribution >= 0.6 is 0 Å². The van der Waals surface area contributed by atoms with Crippen LogP contribution in [-0.4, -0.2) is 50.7 Å². The monoisotopic (exact) mass is 549 g/mol. The molecule has 2 aliphatic heterocycles. The van der Waals surface area contributed by atoms with E-state index in [1.165, 1.54) is 6.07 Å². The van der Waals surface area contributed by atoms with E-state index in [4.69, 9.17) is 4.74 Å². The summed E-state index contributed by atoms with van der Waals surface area (Å²) in [6, 6.07) is 15.0. The topological polar surface area (TPSA) is 81.5 Å². The highest BCUT2D eigenvalue weighted by Crippen LogP contribution is 2.50. The number of carbonyl (C=O) groups excluding carboxylic acids is 1. The van der Waals surface area contributed by atoms with Crippen molar-refractivity contribution < 1.29 is 22.7 Å². The second kappa shape index (κ2) is 10.8. The van der Waals surface area contributed by atoms with Crippen molar-refractivity contribution in [2.24, 2.45) is 0 Å². The zero-order valence-corrected chi connectivity index (χ0v) is 22.4. The molecule has 10 heteroatoms. The van der Waals surface area contributed by atoms with Gasteiger partial charge < -0.3 is 19.9 Å². The van der Waals surface area contributed by atoms with Crippen LogP contribution in [0.15, 0.2) is 54.7 Å². The van der Waals surface area contributed by atoms with Gasteiger partial charge in [0.1, 0.15) is 6.07 Å². The van der Waals surface area contributed by atoms with Crippen molar-refractivity contribution in [1.82, 2.24) is 10.3 Å². The van der Waals surface area contributed by atoms with Crippen LogP contribution in [0.3, 0.4) is 0 Å². The number of nitrogens with zero attached hydrogens (tertiary/aromatic N) is 4. The highest BCUT2D eigenvalue weighted by molar-refractivity contribution is 6.09. The normalized spacial score (nSPS) is 16.2. The molecule has 1 spiro atoms. The molecule has 5 rings (SSSR count). The molecule has 0 unspecified atom stereocenters. The molecule has 3 aromatic rings. The number of pyridine rings is 1. The minimum Gasteiger partial charge on any atom is -0.478 e. The van der Waals surface area contributed by atoms with Crippen LogP contribution in [0.4, 0.5) is 24.5 Å². The van der Waals surface area contributed by atoms with E-state index >= 15 is 0 Å². The van der Waals surface area contributed by atoms with Crippen LogP contribution in [0.25, 0.3) is 11.1 Å². The Hall–Kier alpha value is -4.10. The third kappa shape index (κ3) is 4.75. The first-order valence-electron chi connectivity index (χ1n) is 13.3. The smallest absolute Gasteiger partial charge is 0.416 e. The molecule has 0 saturated carbocycles. The third-order valence-electron chi connectivity index (χ3n) is 7.81. The predicted octanol–water partition coefficient (Wildman–Crippen LogP) is 5.14. The van der Waals surface area contributed by atoms with Gasteiger partial charge in [-0.3, -0.25) is 4.79 Å². The summed E-state index contributed by atoms with van der Waals surface area (Å²) >= 11 is 0. The molecular formula is C30H30F3N5O2. The number of benzene rings is 2. The SMILES string of the molecule is CCOc1ncccc1-c1ccc2c(c1)N(CCNC)C(=O)C21CCN(c2ccc(C(F)(F)F)cc2C#N)CC1. The minimum absolute atomic E-state index is 0.0224. The van der Waals surface area contributed by atoms with Crippen molar-refractivity contribution in [2.75, 3.05) is 49.6 Å². The Bertz CT molecular complexity index is 1460.